The summed E-state index contributed by atoms with van der Waals surface area (Å²) in [5.41, 5.74) is 0. The van der Waals surface area contributed by atoms with Crippen molar-refractivity contribution in [1.82, 2.24) is 0 Å². The van der Waals surface area contributed by atoms with Crippen LogP contribution in [-0.4, -0.2) is 22.1 Å². The number of thioether (sulfide) groups is 1. The average molecular weight is 145 g/mol. The van der Waals surface area contributed by atoms with Crippen molar-refractivity contribution in [2.75, 3.05) is 5.75 Å². The van der Waals surface area contributed by atoms with Gasteiger partial charge in [-0.15, -0.1) is 11.8 Å². The van der Waals surface area contributed by atoms with Crippen LogP contribution in [-0.2, 0) is 4.79 Å². The van der Waals surface area contributed by atoms with E-state index in [1.807, 2.05) is 6.07 Å². The molecule has 0 rings (SSSR count). The number of hydrogen-bond donors (Lipinski definition) is 1. The third-order valence-electron chi connectivity index (χ3n) is 0.639. The zero-order chi connectivity index (χ0) is 7.28. The van der Waals surface area contributed by atoms with Crippen LogP contribution in [0, 0.1) is 11.3 Å². The molecule has 0 spiro atoms. The standard InChI is InChI=1S/C5H7NO2S/c1-4(2-6)9-3-5(7)8/h4H,3H2,1H3,(H,7,8)/t4-/m1/s1. The molecule has 0 bridgehead atoms. The number of rotatable bonds is 3. The molecule has 0 saturated heterocycles. The molecule has 0 aromatic rings. The highest BCUT2D eigenvalue weighted by Crippen LogP contribution is 2.07. The summed E-state index contributed by atoms with van der Waals surface area (Å²) in [6, 6.07) is 1.92. The fourth-order valence-corrected chi connectivity index (χ4v) is 0.701. The van der Waals surface area contributed by atoms with E-state index in [0.29, 0.717) is 0 Å². The van der Waals surface area contributed by atoms with E-state index in [0.717, 1.165) is 11.8 Å². The molecule has 0 radical (unpaired) electrons. The molecule has 0 aromatic carbocycles. The van der Waals surface area contributed by atoms with E-state index in [4.69, 9.17) is 10.4 Å². The molecule has 9 heavy (non-hydrogen) atoms. The minimum atomic E-state index is -0.873. The molecule has 50 valence electrons. The molecule has 0 aliphatic rings. The Bertz CT molecular complexity index is 140. The minimum Gasteiger partial charge on any atom is -0.481 e. The highest BCUT2D eigenvalue weighted by Gasteiger charge is 2.02. The van der Waals surface area contributed by atoms with Gasteiger partial charge in [0.15, 0.2) is 0 Å². The van der Waals surface area contributed by atoms with Crippen molar-refractivity contribution in [3.8, 4) is 6.07 Å². The lowest BCUT2D eigenvalue weighted by atomic mass is 10.5. The number of hydrogen-bond acceptors (Lipinski definition) is 3. The summed E-state index contributed by atoms with van der Waals surface area (Å²) in [5.74, 6) is -0.864. The lowest BCUT2D eigenvalue weighted by Crippen LogP contribution is -2.02. The third-order valence-corrected chi connectivity index (χ3v) is 1.66. The number of nitriles is 1. The zero-order valence-corrected chi connectivity index (χ0v) is 5.81. The summed E-state index contributed by atoms with van der Waals surface area (Å²) >= 11 is 1.12. The normalized spacial score (nSPS) is 12.0. The smallest absolute Gasteiger partial charge is 0.313 e. The number of carboxylic acids is 1. The van der Waals surface area contributed by atoms with Gasteiger partial charge in [-0.1, -0.05) is 0 Å². The molecule has 0 aromatic heterocycles. The Morgan fingerprint density at radius 3 is 2.89 bits per heavy atom. The number of aliphatic carboxylic acids is 1. The Labute approximate surface area is 57.7 Å². The Balaban J connectivity index is 3.30. The van der Waals surface area contributed by atoms with Gasteiger partial charge in [0.05, 0.1) is 17.1 Å². The van der Waals surface area contributed by atoms with E-state index in [9.17, 15) is 4.79 Å². The maximum atomic E-state index is 9.89. The van der Waals surface area contributed by atoms with Gasteiger partial charge in [0, 0.05) is 0 Å². The fourth-order valence-electron chi connectivity index (χ4n) is 0.234. The first-order valence-electron chi connectivity index (χ1n) is 2.40. The summed E-state index contributed by atoms with van der Waals surface area (Å²) in [6.45, 7) is 1.67. The maximum absolute atomic E-state index is 9.89. The summed E-state index contributed by atoms with van der Waals surface area (Å²) in [6.07, 6.45) is 0. The average Bonchev–Trinajstić information content (AvgIpc) is 1.83. The SMILES string of the molecule is C[C@H](C#N)SCC(=O)O. The molecule has 0 heterocycles. The highest BCUT2D eigenvalue weighted by molar-refractivity contribution is 8.00. The van der Waals surface area contributed by atoms with Crippen molar-refractivity contribution < 1.29 is 9.90 Å². The summed E-state index contributed by atoms with van der Waals surface area (Å²) in [7, 11) is 0. The lowest BCUT2D eigenvalue weighted by molar-refractivity contribution is -0.133. The molecule has 0 fully saturated rings. The molecule has 3 nitrogen and oxygen atoms in total. The third kappa shape index (κ3) is 5.18. The second-order valence-electron chi connectivity index (χ2n) is 1.48. The van der Waals surface area contributed by atoms with Gasteiger partial charge < -0.3 is 5.11 Å². The summed E-state index contributed by atoms with van der Waals surface area (Å²) in [5, 5.41) is 16.1. The van der Waals surface area contributed by atoms with Gasteiger partial charge in [-0.3, -0.25) is 4.79 Å². The van der Waals surface area contributed by atoms with Crippen LogP contribution in [0.5, 0.6) is 0 Å². The predicted octanol–water partition coefficient (Wildman–Crippen LogP) is 0.716. The second kappa shape index (κ2) is 4.21. The number of carbonyl (C=O) groups is 1. The van der Waals surface area contributed by atoms with Gasteiger partial charge in [-0.05, 0) is 6.92 Å². The molecular formula is C5H7NO2S. The van der Waals surface area contributed by atoms with E-state index in [1.54, 1.807) is 6.92 Å². The predicted molar refractivity (Wildman–Crippen MR) is 35.2 cm³/mol. The second-order valence-corrected chi connectivity index (χ2v) is 2.81. The monoisotopic (exact) mass is 145 g/mol. The van der Waals surface area contributed by atoms with Gasteiger partial charge >= 0.3 is 5.97 Å². The minimum absolute atomic E-state index is 0.00866. The molecule has 0 unspecified atom stereocenters. The van der Waals surface area contributed by atoms with Gasteiger partial charge in [0.1, 0.15) is 0 Å². The first kappa shape index (κ1) is 8.31. The van der Waals surface area contributed by atoms with E-state index >= 15 is 0 Å². The number of nitrogens with zero attached hydrogens (tertiary/aromatic N) is 1. The van der Waals surface area contributed by atoms with Crippen molar-refractivity contribution in [3.05, 3.63) is 0 Å². The van der Waals surface area contributed by atoms with Crippen molar-refractivity contribution in [2.45, 2.75) is 12.2 Å². The molecule has 1 N–H and O–H groups in total. The molecule has 0 aliphatic heterocycles. The Hall–Kier alpha value is -0.690. The van der Waals surface area contributed by atoms with Crippen LogP contribution >= 0.6 is 11.8 Å². The first-order valence-corrected chi connectivity index (χ1v) is 3.44. The molecule has 4 heteroatoms. The number of carboxylic acid groups (broad SMARTS) is 1. The lowest BCUT2D eigenvalue weighted by Gasteiger charge is -1.95. The Kier molecular flexibility index (Phi) is 3.89. The molecule has 1 atom stereocenters. The van der Waals surface area contributed by atoms with E-state index in [1.165, 1.54) is 0 Å². The Morgan fingerprint density at radius 2 is 2.56 bits per heavy atom. The van der Waals surface area contributed by atoms with Crippen LogP contribution in [0.2, 0.25) is 0 Å². The van der Waals surface area contributed by atoms with Crippen LogP contribution in [0.25, 0.3) is 0 Å². The van der Waals surface area contributed by atoms with Gasteiger partial charge in [0.25, 0.3) is 0 Å². The van der Waals surface area contributed by atoms with Gasteiger partial charge in [-0.25, -0.2) is 0 Å². The van der Waals surface area contributed by atoms with Crippen LogP contribution in [0.15, 0.2) is 0 Å². The molecule has 0 aliphatic carbocycles. The molecule has 0 saturated carbocycles. The first-order chi connectivity index (χ1) is 4.16. The largest absolute Gasteiger partial charge is 0.481 e. The summed E-state index contributed by atoms with van der Waals surface area (Å²) in [4.78, 5) is 9.89. The molecular weight excluding hydrogens is 138 g/mol. The van der Waals surface area contributed by atoms with Crippen LogP contribution in [0.1, 0.15) is 6.92 Å². The van der Waals surface area contributed by atoms with E-state index in [-0.39, 0.29) is 11.0 Å². The molecule has 0 amide bonds. The Morgan fingerprint density at radius 1 is 2.00 bits per heavy atom. The fraction of sp³-hybridized carbons (Fsp3) is 0.600. The van der Waals surface area contributed by atoms with Gasteiger partial charge in [0.2, 0.25) is 0 Å². The van der Waals surface area contributed by atoms with Crippen molar-refractivity contribution in [2.24, 2.45) is 0 Å². The van der Waals surface area contributed by atoms with Crippen LogP contribution in [0.3, 0.4) is 0 Å². The quantitative estimate of drug-likeness (QED) is 0.635. The van der Waals surface area contributed by atoms with Gasteiger partial charge in [-0.2, -0.15) is 5.26 Å². The van der Waals surface area contributed by atoms with Crippen molar-refractivity contribution >= 4 is 17.7 Å². The van der Waals surface area contributed by atoms with E-state index < -0.39 is 5.97 Å². The maximum Gasteiger partial charge on any atom is 0.313 e. The van der Waals surface area contributed by atoms with Crippen LogP contribution < -0.4 is 0 Å². The zero-order valence-electron chi connectivity index (χ0n) is 5.00. The van der Waals surface area contributed by atoms with Crippen molar-refractivity contribution in [1.29, 1.82) is 5.26 Å². The van der Waals surface area contributed by atoms with Crippen molar-refractivity contribution in [3.63, 3.8) is 0 Å². The summed E-state index contributed by atoms with van der Waals surface area (Å²) < 4.78 is 0. The van der Waals surface area contributed by atoms with Crippen LogP contribution in [0.4, 0.5) is 0 Å². The van der Waals surface area contributed by atoms with E-state index in [2.05, 4.69) is 0 Å². The highest BCUT2D eigenvalue weighted by atomic mass is 32.2. The topological polar surface area (TPSA) is 61.1 Å².